The molecule has 1 fully saturated rings. The Hall–Kier alpha value is -1.73. The average molecular weight is 472 g/mol. The van der Waals surface area contributed by atoms with Gasteiger partial charge in [0.25, 0.3) is 5.91 Å². The molecule has 2 aliphatic heterocycles. The Bertz CT molecular complexity index is 856. The lowest BCUT2D eigenvalue weighted by Gasteiger charge is -2.40. The van der Waals surface area contributed by atoms with Crippen molar-refractivity contribution in [3.05, 3.63) is 21.4 Å². The zero-order valence-corrected chi connectivity index (χ0v) is 20.3. The molecule has 9 heteroatoms. The van der Waals surface area contributed by atoms with Crippen LogP contribution in [0.3, 0.4) is 0 Å². The quantitative estimate of drug-likeness (QED) is 0.568. The van der Waals surface area contributed by atoms with Crippen molar-refractivity contribution < 1.29 is 19.1 Å². The van der Waals surface area contributed by atoms with E-state index in [1.165, 1.54) is 0 Å². The van der Waals surface area contributed by atoms with Crippen LogP contribution in [0.25, 0.3) is 0 Å². The number of halogens is 2. The normalized spacial score (nSPS) is 19.8. The molecule has 3 rings (SSSR count). The molecular weight excluding hydrogens is 441 g/mol. The number of carbonyl (C=O) groups excluding carboxylic acids is 2. The molecule has 0 saturated carbocycles. The lowest BCUT2D eigenvalue weighted by atomic mass is 9.95. The summed E-state index contributed by atoms with van der Waals surface area (Å²) in [6, 6.07) is -0.310. The van der Waals surface area contributed by atoms with Gasteiger partial charge in [-0.2, -0.15) is 0 Å². The van der Waals surface area contributed by atoms with Gasteiger partial charge >= 0.3 is 6.09 Å². The highest BCUT2D eigenvalue weighted by molar-refractivity contribution is 6.42. The van der Waals surface area contributed by atoms with Gasteiger partial charge in [-0.15, -0.1) is 0 Å². The number of amides is 2. The van der Waals surface area contributed by atoms with E-state index in [0.717, 1.165) is 19.3 Å². The third kappa shape index (κ3) is 5.20. The molecule has 0 N–H and O–H groups in total. The molecule has 2 unspecified atom stereocenters. The Kier molecular flexibility index (Phi) is 7.26. The van der Waals surface area contributed by atoms with Crippen molar-refractivity contribution >= 4 is 35.2 Å². The minimum Gasteiger partial charge on any atom is -0.489 e. The van der Waals surface area contributed by atoms with E-state index >= 15 is 0 Å². The Morgan fingerprint density at radius 2 is 2.03 bits per heavy atom. The van der Waals surface area contributed by atoms with Crippen LogP contribution >= 0.6 is 23.2 Å². The number of ether oxygens (including phenoxy) is 2. The van der Waals surface area contributed by atoms with E-state index in [1.54, 1.807) is 9.80 Å². The second-order valence-corrected chi connectivity index (χ2v) is 9.97. The smallest absolute Gasteiger partial charge is 0.410 e. The molecule has 2 aliphatic rings. The molecule has 0 bridgehead atoms. The number of pyridine rings is 1. The van der Waals surface area contributed by atoms with Gasteiger partial charge in [0.1, 0.15) is 22.8 Å². The van der Waals surface area contributed by atoms with Crippen molar-refractivity contribution in [3.63, 3.8) is 0 Å². The predicted octanol–water partition coefficient (Wildman–Crippen LogP) is 5.14. The first kappa shape index (κ1) is 23.9. The lowest BCUT2D eigenvalue weighted by Crippen LogP contribution is -2.58. The third-order valence-corrected chi connectivity index (χ3v) is 6.29. The number of rotatable bonds is 4. The van der Waals surface area contributed by atoms with Crippen LogP contribution < -0.4 is 4.74 Å². The summed E-state index contributed by atoms with van der Waals surface area (Å²) < 4.78 is 11.5. The van der Waals surface area contributed by atoms with E-state index in [1.807, 2.05) is 27.7 Å². The highest BCUT2D eigenvalue weighted by Crippen LogP contribution is 2.41. The molecule has 0 aliphatic carbocycles. The van der Waals surface area contributed by atoms with Gasteiger partial charge in [0.15, 0.2) is 10.9 Å². The summed E-state index contributed by atoms with van der Waals surface area (Å²) in [6.07, 6.45) is 2.56. The summed E-state index contributed by atoms with van der Waals surface area (Å²) in [5.41, 5.74) is 0.434. The number of fused-ring (bicyclic) bond motifs is 2. The van der Waals surface area contributed by atoms with Crippen LogP contribution in [0.15, 0.2) is 0 Å². The number of piperazine rings is 1. The van der Waals surface area contributed by atoms with Crippen LogP contribution in [0.4, 0.5) is 4.79 Å². The Morgan fingerprint density at radius 1 is 1.32 bits per heavy atom. The van der Waals surface area contributed by atoms with Crippen molar-refractivity contribution in [3.8, 4) is 5.75 Å². The fourth-order valence-electron chi connectivity index (χ4n) is 3.96. The third-order valence-electron chi connectivity index (χ3n) is 5.57. The van der Waals surface area contributed by atoms with E-state index in [4.69, 9.17) is 32.7 Å². The lowest BCUT2D eigenvalue weighted by molar-refractivity contribution is 0.000933. The first-order valence-electron chi connectivity index (χ1n) is 10.8. The van der Waals surface area contributed by atoms with Crippen molar-refractivity contribution in [2.75, 3.05) is 26.2 Å². The van der Waals surface area contributed by atoms with E-state index < -0.39 is 11.7 Å². The predicted molar refractivity (Wildman–Crippen MR) is 120 cm³/mol. The molecule has 172 valence electrons. The van der Waals surface area contributed by atoms with Gasteiger partial charge in [0.2, 0.25) is 0 Å². The van der Waals surface area contributed by atoms with Crippen LogP contribution in [0.2, 0.25) is 10.2 Å². The topological polar surface area (TPSA) is 72.0 Å². The molecule has 2 atom stereocenters. The number of aromatic nitrogens is 1. The summed E-state index contributed by atoms with van der Waals surface area (Å²) in [7, 11) is 0. The minimum absolute atomic E-state index is 0.0376. The molecule has 31 heavy (non-hydrogen) atoms. The molecule has 0 radical (unpaired) electrons. The fourth-order valence-corrected chi connectivity index (χ4v) is 4.33. The van der Waals surface area contributed by atoms with Crippen molar-refractivity contribution in [1.29, 1.82) is 0 Å². The minimum atomic E-state index is -0.584. The van der Waals surface area contributed by atoms with E-state index in [9.17, 15) is 9.59 Å². The highest BCUT2D eigenvalue weighted by atomic mass is 35.5. The van der Waals surface area contributed by atoms with Gasteiger partial charge < -0.3 is 19.3 Å². The zero-order valence-electron chi connectivity index (χ0n) is 18.8. The van der Waals surface area contributed by atoms with E-state index in [2.05, 4.69) is 11.9 Å². The highest BCUT2D eigenvalue weighted by Gasteiger charge is 2.40. The Morgan fingerprint density at radius 3 is 2.68 bits per heavy atom. The maximum atomic E-state index is 13.6. The van der Waals surface area contributed by atoms with Crippen LogP contribution in [0, 0.1) is 0 Å². The van der Waals surface area contributed by atoms with Crippen molar-refractivity contribution in [2.45, 2.75) is 71.4 Å². The van der Waals surface area contributed by atoms with Crippen molar-refractivity contribution in [2.24, 2.45) is 0 Å². The number of carbonyl (C=O) groups is 2. The number of nitrogens with zero attached hydrogens (tertiary/aromatic N) is 3. The standard InChI is InChI=1S/C22H31Cl2N3O4/c1-6-7-8-13(2)17-15-18(16(23)19(24)25-17)30-12-14-11-26(9-10-27(14)20(15)28)21(29)31-22(3,4)5/h13-14H,6-12H2,1-5H3. The van der Waals surface area contributed by atoms with Gasteiger partial charge in [-0.05, 0) is 33.1 Å². The van der Waals surface area contributed by atoms with Crippen LogP contribution in [0.1, 0.15) is 75.9 Å². The van der Waals surface area contributed by atoms with Crippen molar-refractivity contribution in [1.82, 2.24) is 14.8 Å². The average Bonchev–Trinajstić information content (AvgIpc) is 2.84. The number of hydrogen-bond acceptors (Lipinski definition) is 5. The van der Waals surface area contributed by atoms with Gasteiger partial charge in [-0.25, -0.2) is 9.78 Å². The maximum Gasteiger partial charge on any atom is 0.410 e. The number of hydrogen-bond donors (Lipinski definition) is 0. The van der Waals surface area contributed by atoms with Gasteiger partial charge in [-0.1, -0.05) is 49.9 Å². The second-order valence-electron chi connectivity index (χ2n) is 9.24. The fraction of sp³-hybridized carbons (Fsp3) is 0.682. The summed E-state index contributed by atoms with van der Waals surface area (Å²) >= 11 is 12.7. The molecule has 7 nitrogen and oxygen atoms in total. The van der Waals surface area contributed by atoms with Crippen LogP contribution in [0.5, 0.6) is 5.75 Å². The first-order chi connectivity index (χ1) is 14.5. The van der Waals surface area contributed by atoms with Gasteiger partial charge in [0.05, 0.1) is 11.7 Å². The molecule has 1 saturated heterocycles. The monoisotopic (exact) mass is 471 g/mol. The molecule has 3 heterocycles. The summed E-state index contributed by atoms with van der Waals surface area (Å²) in [4.78, 5) is 34.0. The Labute approximate surface area is 194 Å². The van der Waals surface area contributed by atoms with Gasteiger partial charge in [0, 0.05) is 19.6 Å². The summed E-state index contributed by atoms with van der Waals surface area (Å²) in [5.74, 6) is 0.157. The second kappa shape index (κ2) is 9.41. The SMILES string of the molecule is CCCCC(C)c1nc(Cl)c(Cl)c2c1C(=O)N1CCN(C(=O)OC(C)(C)C)CC1CO2. The largest absolute Gasteiger partial charge is 0.489 e. The van der Waals surface area contributed by atoms with Gasteiger partial charge in [-0.3, -0.25) is 4.79 Å². The van der Waals surface area contributed by atoms with E-state index in [-0.39, 0.29) is 34.6 Å². The first-order valence-corrected chi connectivity index (χ1v) is 11.6. The Balaban J connectivity index is 1.89. The molecule has 0 spiro atoms. The number of unbranched alkanes of at least 4 members (excludes halogenated alkanes) is 1. The molecule has 0 aromatic carbocycles. The van der Waals surface area contributed by atoms with Crippen LogP contribution in [-0.2, 0) is 4.74 Å². The molecule has 1 aromatic heterocycles. The molecule has 1 aromatic rings. The van der Waals surface area contributed by atoms with Crippen LogP contribution in [-0.4, -0.2) is 64.7 Å². The molecule has 2 amide bonds. The molecular formula is C22H31Cl2N3O4. The maximum absolute atomic E-state index is 13.6. The summed E-state index contributed by atoms with van der Waals surface area (Å²) in [5, 5.41) is 0.294. The summed E-state index contributed by atoms with van der Waals surface area (Å²) in [6.45, 7) is 11.0. The zero-order chi connectivity index (χ0) is 22.9. The van der Waals surface area contributed by atoms with E-state index in [0.29, 0.717) is 36.6 Å².